The first-order valence-electron chi connectivity index (χ1n) is 8.32. The molecule has 0 aliphatic carbocycles. The van der Waals surface area contributed by atoms with Gasteiger partial charge in [-0.25, -0.2) is 10.4 Å². The highest BCUT2D eigenvalue weighted by molar-refractivity contribution is 8.00. The molecule has 0 saturated heterocycles. The summed E-state index contributed by atoms with van der Waals surface area (Å²) in [5, 5.41) is 5.81. The van der Waals surface area contributed by atoms with Crippen molar-refractivity contribution in [3.05, 3.63) is 63.8 Å². The van der Waals surface area contributed by atoms with Crippen LogP contribution < -0.4 is 10.2 Å². The van der Waals surface area contributed by atoms with Gasteiger partial charge in [0.2, 0.25) is 5.91 Å². The van der Waals surface area contributed by atoms with Gasteiger partial charge in [0.05, 0.1) is 29.1 Å². The number of ether oxygens (including phenoxy) is 1. The SMILES string of the molecule is COc1cccc2c(SCC(=O)N/N=C/c3ccc(Cl)c(Cl)c3)cc(C)nc12. The maximum atomic E-state index is 12.1. The van der Waals surface area contributed by atoms with Crippen molar-refractivity contribution >= 4 is 58.0 Å². The highest BCUT2D eigenvalue weighted by Gasteiger charge is 2.10. The van der Waals surface area contributed by atoms with Gasteiger partial charge < -0.3 is 4.74 Å². The van der Waals surface area contributed by atoms with Gasteiger partial charge in [-0.05, 0) is 36.8 Å². The van der Waals surface area contributed by atoms with Crippen molar-refractivity contribution in [2.45, 2.75) is 11.8 Å². The largest absolute Gasteiger partial charge is 0.494 e. The van der Waals surface area contributed by atoms with Crippen LogP contribution in [-0.4, -0.2) is 30.0 Å². The molecule has 0 radical (unpaired) electrons. The zero-order valence-electron chi connectivity index (χ0n) is 15.2. The van der Waals surface area contributed by atoms with Gasteiger partial charge in [0.25, 0.3) is 0 Å². The van der Waals surface area contributed by atoms with E-state index in [1.165, 1.54) is 18.0 Å². The van der Waals surface area contributed by atoms with E-state index in [9.17, 15) is 4.79 Å². The molecule has 3 aromatic rings. The zero-order valence-corrected chi connectivity index (χ0v) is 17.5. The van der Waals surface area contributed by atoms with Crippen LogP contribution in [0.5, 0.6) is 5.75 Å². The summed E-state index contributed by atoms with van der Waals surface area (Å²) in [5.41, 5.74) is 4.90. The Kier molecular flexibility index (Phi) is 6.78. The van der Waals surface area contributed by atoms with Gasteiger partial charge in [-0.15, -0.1) is 11.8 Å². The Bertz CT molecular complexity index is 1060. The highest BCUT2D eigenvalue weighted by atomic mass is 35.5. The van der Waals surface area contributed by atoms with E-state index in [0.29, 0.717) is 15.8 Å². The number of hydrogen-bond donors (Lipinski definition) is 1. The number of aromatic nitrogens is 1. The van der Waals surface area contributed by atoms with Crippen LogP contribution >= 0.6 is 35.0 Å². The number of amides is 1. The number of pyridine rings is 1. The summed E-state index contributed by atoms with van der Waals surface area (Å²) in [7, 11) is 1.62. The van der Waals surface area contributed by atoms with Crippen LogP contribution in [0.15, 0.2) is 52.5 Å². The number of halogens is 2. The lowest BCUT2D eigenvalue weighted by Gasteiger charge is -2.10. The van der Waals surface area contributed by atoms with Crippen LogP contribution in [0.1, 0.15) is 11.3 Å². The summed E-state index contributed by atoms with van der Waals surface area (Å²) in [4.78, 5) is 17.6. The molecule has 1 aromatic heterocycles. The Balaban J connectivity index is 1.66. The van der Waals surface area contributed by atoms with E-state index in [1.807, 2.05) is 31.2 Å². The predicted molar refractivity (Wildman–Crippen MR) is 116 cm³/mol. The fourth-order valence-corrected chi connectivity index (χ4v) is 3.78. The molecule has 0 spiro atoms. The van der Waals surface area contributed by atoms with Crippen LogP contribution in [-0.2, 0) is 4.79 Å². The average Bonchev–Trinajstić information content (AvgIpc) is 2.68. The van der Waals surface area contributed by atoms with E-state index >= 15 is 0 Å². The number of carbonyl (C=O) groups is 1. The Morgan fingerprint density at radius 1 is 1.25 bits per heavy atom. The monoisotopic (exact) mass is 433 g/mol. The van der Waals surface area contributed by atoms with E-state index in [4.69, 9.17) is 27.9 Å². The number of para-hydroxylation sites is 1. The second-order valence-corrected chi connectivity index (χ2v) is 7.71. The molecular weight excluding hydrogens is 417 g/mol. The second-order valence-electron chi connectivity index (χ2n) is 5.87. The molecule has 0 saturated carbocycles. The fourth-order valence-electron chi connectivity index (χ4n) is 2.54. The number of fused-ring (bicyclic) bond motifs is 1. The van der Waals surface area contributed by atoms with Gasteiger partial charge in [-0.2, -0.15) is 5.10 Å². The topological polar surface area (TPSA) is 63.6 Å². The smallest absolute Gasteiger partial charge is 0.250 e. The molecule has 0 unspecified atom stereocenters. The maximum Gasteiger partial charge on any atom is 0.250 e. The van der Waals surface area contributed by atoms with Crippen LogP contribution in [0.4, 0.5) is 0 Å². The molecule has 5 nitrogen and oxygen atoms in total. The summed E-state index contributed by atoms with van der Waals surface area (Å²) in [6.45, 7) is 1.91. The van der Waals surface area contributed by atoms with Crippen molar-refractivity contribution in [3.8, 4) is 5.75 Å². The number of carbonyl (C=O) groups excluding carboxylic acids is 1. The number of nitrogens with zero attached hydrogens (tertiary/aromatic N) is 2. The first-order valence-corrected chi connectivity index (χ1v) is 10.1. The normalized spacial score (nSPS) is 11.1. The Morgan fingerprint density at radius 3 is 2.82 bits per heavy atom. The molecule has 0 fully saturated rings. The predicted octanol–water partition coefficient (Wildman–Crippen LogP) is 5.10. The summed E-state index contributed by atoms with van der Waals surface area (Å²) in [6.07, 6.45) is 1.52. The molecule has 144 valence electrons. The van der Waals surface area contributed by atoms with Crippen molar-refractivity contribution < 1.29 is 9.53 Å². The van der Waals surface area contributed by atoms with Crippen molar-refractivity contribution in [1.82, 2.24) is 10.4 Å². The third kappa shape index (κ3) is 4.95. The first kappa shape index (κ1) is 20.5. The van der Waals surface area contributed by atoms with Gasteiger partial charge in [0.15, 0.2) is 0 Å². The summed E-state index contributed by atoms with van der Waals surface area (Å²) < 4.78 is 5.39. The van der Waals surface area contributed by atoms with Crippen LogP contribution in [0, 0.1) is 6.92 Å². The molecule has 0 aliphatic heterocycles. The van der Waals surface area contributed by atoms with E-state index < -0.39 is 0 Å². The van der Waals surface area contributed by atoms with Gasteiger partial charge in [-0.1, -0.05) is 41.4 Å². The number of rotatable bonds is 6. The Labute approximate surface area is 177 Å². The van der Waals surface area contributed by atoms with E-state index in [0.717, 1.165) is 27.1 Å². The first-order chi connectivity index (χ1) is 13.5. The molecule has 1 N–H and O–H groups in total. The Hall–Kier alpha value is -2.28. The second kappa shape index (κ2) is 9.28. The number of thioether (sulfide) groups is 1. The number of nitrogens with one attached hydrogen (secondary N) is 1. The van der Waals surface area contributed by atoms with Crippen LogP contribution in [0.3, 0.4) is 0 Å². The minimum Gasteiger partial charge on any atom is -0.494 e. The molecule has 8 heteroatoms. The quantitative estimate of drug-likeness (QED) is 0.333. The van der Waals surface area contributed by atoms with Gasteiger partial charge in [0, 0.05) is 16.0 Å². The minimum atomic E-state index is -0.216. The maximum absolute atomic E-state index is 12.1. The zero-order chi connectivity index (χ0) is 20.1. The lowest BCUT2D eigenvalue weighted by Crippen LogP contribution is -2.19. The van der Waals surface area contributed by atoms with Gasteiger partial charge >= 0.3 is 0 Å². The van der Waals surface area contributed by atoms with Gasteiger partial charge in [0.1, 0.15) is 11.3 Å². The minimum absolute atomic E-state index is 0.216. The number of benzene rings is 2. The number of methoxy groups -OCH3 is 1. The number of aryl methyl sites for hydroxylation is 1. The molecule has 28 heavy (non-hydrogen) atoms. The molecule has 1 heterocycles. The summed E-state index contributed by atoms with van der Waals surface area (Å²) in [5.74, 6) is 0.708. The third-order valence-corrected chi connectivity index (χ3v) is 5.61. The van der Waals surface area contributed by atoms with Crippen LogP contribution in [0.25, 0.3) is 10.9 Å². The van der Waals surface area contributed by atoms with Crippen LogP contribution in [0.2, 0.25) is 10.0 Å². The number of hydrazone groups is 1. The Morgan fingerprint density at radius 2 is 2.07 bits per heavy atom. The molecule has 0 bridgehead atoms. The molecular formula is C20H17Cl2N3O2S. The molecule has 3 rings (SSSR count). The molecule has 0 atom stereocenters. The van der Waals surface area contributed by atoms with E-state index in [2.05, 4.69) is 15.5 Å². The van der Waals surface area contributed by atoms with Crippen molar-refractivity contribution in [2.75, 3.05) is 12.9 Å². The number of hydrogen-bond acceptors (Lipinski definition) is 5. The summed E-state index contributed by atoms with van der Waals surface area (Å²) >= 11 is 13.3. The average molecular weight is 434 g/mol. The standard InChI is InChI=1S/C20H17Cl2N3O2S/c1-12-8-18(14-4-3-5-17(27-2)20(14)24-12)28-11-19(26)25-23-10-13-6-7-15(21)16(22)9-13/h3-10H,11H2,1-2H3,(H,25,26)/b23-10+. The lowest BCUT2D eigenvalue weighted by molar-refractivity contribution is -0.118. The molecule has 1 amide bonds. The highest BCUT2D eigenvalue weighted by Crippen LogP contribution is 2.32. The van der Waals surface area contributed by atoms with E-state index in [1.54, 1.807) is 25.3 Å². The van der Waals surface area contributed by atoms with Crippen molar-refractivity contribution in [1.29, 1.82) is 0 Å². The van der Waals surface area contributed by atoms with Crippen molar-refractivity contribution in [3.63, 3.8) is 0 Å². The van der Waals surface area contributed by atoms with Gasteiger partial charge in [-0.3, -0.25) is 4.79 Å². The fraction of sp³-hybridized carbons (Fsp3) is 0.150. The summed E-state index contributed by atoms with van der Waals surface area (Å²) in [6, 6.07) is 12.8. The van der Waals surface area contributed by atoms with E-state index in [-0.39, 0.29) is 11.7 Å². The van der Waals surface area contributed by atoms with Crippen molar-refractivity contribution in [2.24, 2.45) is 5.10 Å². The lowest BCUT2D eigenvalue weighted by atomic mass is 10.2. The molecule has 0 aliphatic rings. The third-order valence-electron chi connectivity index (χ3n) is 3.82. The molecule has 2 aromatic carbocycles.